The molecule has 1 heterocycles. The summed E-state index contributed by atoms with van der Waals surface area (Å²) < 4.78 is 0. The average Bonchev–Trinajstić information content (AvgIpc) is 2.13. The van der Waals surface area contributed by atoms with Gasteiger partial charge in [0.1, 0.15) is 0 Å². The smallest absolute Gasteiger partial charge is 0.245 e. The summed E-state index contributed by atoms with van der Waals surface area (Å²) in [6.45, 7) is 4.55. The Morgan fingerprint density at radius 2 is 2.60 bits per heavy atom. The third-order valence-corrected chi connectivity index (χ3v) is 1.58. The molecule has 0 atom stereocenters. The predicted octanol–water partition coefficient (Wildman–Crippen LogP) is -0.111. The molecule has 54 valence electrons. The van der Waals surface area contributed by atoms with Gasteiger partial charge in [-0.3, -0.25) is 4.79 Å². The van der Waals surface area contributed by atoms with Crippen LogP contribution in [0.4, 0.5) is 0 Å². The fourth-order valence-corrected chi connectivity index (χ4v) is 1.04. The molecule has 1 aliphatic heterocycles. The van der Waals surface area contributed by atoms with Crippen LogP contribution >= 0.6 is 12.2 Å². The molecule has 0 saturated carbocycles. The molecule has 0 aliphatic carbocycles. The molecule has 1 rings (SSSR count). The van der Waals surface area contributed by atoms with Crippen LogP contribution in [0.15, 0.2) is 12.7 Å². The van der Waals surface area contributed by atoms with Crippen LogP contribution in [0.2, 0.25) is 0 Å². The molecule has 0 aromatic carbocycles. The van der Waals surface area contributed by atoms with Crippen molar-refractivity contribution in [2.24, 2.45) is 0 Å². The monoisotopic (exact) mass is 156 g/mol. The fourth-order valence-electron chi connectivity index (χ4n) is 0.786. The second kappa shape index (κ2) is 2.79. The number of nitrogens with one attached hydrogen (secondary N) is 1. The van der Waals surface area contributed by atoms with Crippen molar-refractivity contribution in [1.29, 1.82) is 0 Å². The lowest BCUT2D eigenvalue weighted by molar-refractivity contribution is -0.118. The SMILES string of the molecule is C=CCN1CC(=O)NC1=S. The molecule has 3 nitrogen and oxygen atoms in total. The summed E-state index contributed by atoms with van der Waals surface area (Å²) in [6, 6.07) is 0. The van der Waals surface area contributed by atoms with Crippen molar-refractivity contribution in [1.82, 2.24) is 10.2 Å². The lowest BCUT2D eigenvalue weighted by Crippen LogP contribution is -2.27. The molecule has 0 aromatic heterocycles. The maximum absolute atomic E-state index is 10.7. The number of thiocarbonyl (C=S) groups is 1. The zero-order chi connectivity index (χ0) is 7.56. The number of hydrogen-bond acceptors (Lipinski definition) is 2. The van der Waals surface area contributed by atoms with E-state index in [2.05, 4.69) is 11.9 Å². The van der Waals surface area contributed by atoms with Crippen molar-refractivity contribution in [3.05, 3.63) is 12.7 Å². The van der Waals surface area contributed by atoms with Crippen LogP contribution in [0.3, 0.4) is 0 Å². The van der Waals surface area contributed by atoms with Crippen LogP contribution in [0.25, 0.3) is 0 Å². The Kier molecular flexibility index (Phi) is 2.01. The normalized spacial score (nSPS) is 17.4. The molecule has 0 bridgehead atoms. The Balaban J connectivity index is 2.54. The van der Waals surface area contributed by atoms with E-state index in [1.54, 1.807) is 11.0 Å². The molecular weight excluding hydrogens is 148 g/mol. The Hall–Kier alpha value is -0.900. The van der Waals surface area contributed by atoms with E-state index in [0.717, 1.165) is 0 Å². The van der Waals surface area contributed by atoms with Gasteiger partial charge in [0.2, 0.25) is 5.91 Å². The Labute approximate surface area is 64.7 Å². The first-order chi connectivity index (χ1) is 4.74. The highest BCUT2D eigenvalue weighted by Crippen LogP contribution is 1.96. The number of carbonyl (C=O) groups excluding carboxylic acids is 1. The van der Waals surface area contributed by atoms with E-state index in [1.807, 2.05) is 0 Å². The molecule has 0 spiro atoms. The summed E-state index contributed by atoms with van der Waals surface area (Å²) >= 11 is 4.83. The van der Waals surface area contributed by atoms with E-state index >= 15 is 0 Å². The number of amides is 1. The van der Waals surface area contributed by atoms with Gasteiger partial charge in [-0.15, -0.1) is 6.58 Å². The number of carbonyl (C=O) groups is 1. The summed E-state index contributed by atoms with van der Waals surface area (Å²) in [4.78, 5) is 12.4. The van der Waals surface area contributed by atoms with Gasteiger partial charge in [0.05, 0.1) is 6.54 Å². The molecule has 4 heteroatoms. The van der Waals surface area contributed by atoms with Gasteiger partial charge in [0.15, 0.2) is 5.11 Å². The topological polar surface area (TPSA) is 32.3 Å². The molecule has 1 saturated heterocycles. The van der Waals surface area contributed by atoms with E-state index in [9.17, 15) is 4.79 Å². The first-order valence-electron chi connectivity index (χ1n) is 2.93. The van der Waals surface area contributed by atoms with E-state index in [1.165, 1.54) is 0 Å². The third-order valence-electron chi connectivity index (χ3n) is 1.22. The van der Waals surface area contributed by atoms with Crippen LogP contribution in [0.1, 0.15) is 0 Å². The van der Waals surface area contributed by atoms with Crippen molar-refractivity contribution in [3.8, 4) is 0 Å². The van der Waals surface area contributed by atoms with Crippen LogP contribution in [-0.4, -0.2) is 29.0 Å². The zero-order valence-electron chi connectivity index (χ0n) is 5.46. The van der Waals surface area contributed by atoms with Crippen molar-refractivity contribution in [2.75, 3.05) is 13.1 Å². The molecular formula is C6H8N2OS. The van der Waals surface area contributed by atoms with Crippen LogP contribution < -0.4 is 5.32 Å². The van der Waals surface area contributed by atoms with Crippen LogP contribution in [0.5, 0.6) is 0 Å². The van der Waals surface area contributed by atoms with Gasteiger partial charge in [-0.05, 0) is 12.2 Å². The zero-order valence-corrected chi connectivity index (χ0v) is 6.28. The second-order valence-corrected chi connectivity index (χ2v) is 2.41. The molecule has 1 aliphatic rings. The van der Waals surface area contributed by atoms with Crippen molar-refractivity contribution in [3.63, 3.8) is 0 Å². The highest BCUT2D eigenvalue weighted by Gasteiger charge is 2.21. The minimum Gasteiger partial charge on any atom is -0.336 e. The van der Waals surface area contributed by atoms with Gasteiger partial charge in [0, 0.05) is 6.54 Å². The minimum absolute atomic E-state index is 0.0353. The Bertz CT molecular complexity index is 190. The maximum atomic E-state index is 10.7. The molecule has 0 unspecified atom stereocenters. The fraction of sp³-hybridized carbons (Fsp3) is 0.333. The van der Waals surface area contributed by atoms with Gasteiger partial charge in [0.25, 0.3) is 0 Å². The van der Waals surface area contributed by atoms with E-state index in [-0.39, 0.29) is 5.91 Å². The first kappa shape index (κ1) is 7.21. The minimum atomic E-state index is -0.0353. The summed E-state index contributed by atoms with van der Waals surface area (Å²) in [5.74, 6) is -0.0353. The predicted molar refractivity (Wildman–Crippen MR) is 42.5 cm³/mol. The summed E-state index contributed by atoms with van der Waals surface area (Å²) in [5, 5.41) is 3.03. The average molecular weight is 156 g/mol. The molecule has 1 fully saturated rings. The maximum Gasteiger partial charge on any atom is 0.245 e. The van der Waals surface area contributed by atoms with Gasteiger partial charge >= 0.3 is 0 Å². The van der Waals surface area contributed by atoms with Gasteiger partial charge in [-0.25, -0.2) is 0 Å². The van der Waals surface area contributed by atoms with Crippen molar-refractivity contribution in [2.45, 2.75) is 0 Å². The molecule has 1 N–H and O–H groups in total. The summed E-state index contributed by atoms with van der Waals surface area (Å²) in [5.41, 5.74) is 0. The van der Waals surface area contributed by atoms with E-state index in [4.69, 9.17) is 12.2 Å². The number of nitrogens with zero attached hydrogens (tertiary/aromatic N) is 1. The van der Waals surface area contributed by atoms with Gasteiger partial charge < -0.3 is 10.2 Å². The lowest BCUT2D eigenvalue weighted by Gasteiger charge is -2.10. The highest BCUT2D eigenvalue weighted by molar-refractivity contribution is 7.80. The molecule has 0 aromatic rings. The quantitative estimate of drug-likeness (QED) is 0.447. The first-order valence-corrected chi connectivity index (χ1v) is 3.34. The Morgan fingerprint density at radius 1 is 1.90 bits per heavy atom. The third kappa shape index (κ3) is 1.33. The van der Waals surface area contributed by atoms with Gasteiger partial charge in [-0.1, -0.05) is 6.08 Å². The Morgan fingerprint density at radius 3 is 3.00 bits per heavy atom. The van der Waals surface area contributed by atoms with Crippen LogP contribution in [-0.2, 0) is 4.79 Å². The second-order valence-electron chi connectivity index (χ2n) is 2.02. The van der Waals surface area contributed by atoms with Crippen LogP contribution in [0, 0.1) is 0 Å². The lowest BCUT2D eigenvalue weighted by atomic mass is 10.5. The standard InChI is InChI=1S/C6H8N2OS/c1-2-3-8-4-5(9)7-6(8)10/h2H,1,3-4H2,(H,7,9,10). The van der Waals surface area contributed by atoms with Gasteiger partial charge in [-0.2, -0.15) is 0 Å². The number of hydrogen-bond donors (Lipinski definition) is 1. The molecule has 0 radical (unpaired) electrons. The highest BCUT2D eigenvalue weighted by atomic mass is 32.1. The molecule has 10 heavy (non-hydrogen) atoms. The largest absolute Gasteiger partial charge is 0.336 e. The number of rotatable bonds is 2. The summed E-state index contributed by atoms with van der Waals surface area (Å²) in [6.07, 6.45) is 1.71. The van der Waals surface area contributed by atoms with Crippen molar-refractivity contribution >= 4 is 23.2 Å². The van der Waals surface area contributed by atoms with E-state index < -0.39 is 0 Å². The van der Waals surface area contributed by atoms with E-state index in [0.29, 0.717) is 18.2 Å². The molecule has 1 amide bonds. The van der Waals surface area contributed by atoms with Crippen molar-refractivity contribution < 1.29 is 4.79 Å². The summed E-state index contributed by atoms with van der Waals surface area (Å²) in [7, 11) is 0.